The molecule has 0 amide bonds. The summed E-state index contributed by atoms with van der Waals surface area (Å²) in [6.45, 7) is 24.9. The minimum atomic E-state index is -0.165. The van der Waals surface area contributed by atoms with Crippen LogP contribution in [-0.2, 0) is 17.3 Å². The number of phenols is 1. The molecule has 5 nitrogen and oxygen atoms in total. The fourth-order valence-corrected chi connectivity index (χ4v) is 8.47. The first kappa shape index (κ1) is 35.7. The highest BCUT2D eigenvalue weighted by Gasteiger charge is 2.51. The van der Waals surface area contributed by atoms with Crippen LogP contribution in [0.15, 0.2) is 89.9 Å². The molecule has 0 saturated carbocycles. The first-order chi connectivity index (χ1) is 24.5. The summed E-state index contributed by atoms with van der Waals surface area (Å²) in [6, 6.07) is 30.4. The lowest BCUT2D eigenvalue weighted by Gasteiger charge is -2.47. The van der Waals surface area contributed by atoms with E-state index in [4.69, 9.17) is 14.7 Å². The second-order valence-electron chi connectivity index (χ2n) is 17.5. The van der Waals surface area contributed by atoms with E-state index in [0.29, 0.717) is 29.0 Å². The lowest BCUT2D eigenvalue weighted by atomic mass is 9.67. The Morgan fingerprint density at radius 1 is 0.808 bits per heavy atom. The van der Waals surface area contributed by atoms with Crippen LogP contribution in [0.3, 0.4) is 0 Å². The van der Waals surface area contributed by atoms with Crippen LogP contribution >= 0.6 is 0 Å². The van der Waals surface area contributed by atoms with Gasteiger partial charge in [-0.15, -0.1) is 0 Å². The molecule has 2 heterocycles. The summed E-state index contributed by atoms with van der Waals surface area (Å²) in [5.74, 6) is 3.25. The Balaban J connectivity index is 1.39. The molecule has 0 fully saturated rings. The third kappa shape index (κ3) is 6.27. The number of benzene rings is 4. The SMILES string of the molecule is CC(C)c1cc(Oc2ccc3cc(C(C)(C)C)cc(O)c3n2)cc(C2=N[C@H]3Cc4ccccc4C(C)(C)[C@H]3N2c2c(C(C)C)cccc2C(C)C)c1. The van der Waals surface area contributed by atoms with Crippen molar-refractivity contribution in [3.8, 4) is 17.4 Å². The topological polar surface area (TPSA) is 58.0 Å². The fraction of sp³-hybridized carbons (Fsp3) is 0.404. The van der Waals surface area contributed by atoms with Gasteiger partial charge in [-0.1, -0.05) is 119 Å². The Hall–Kier alpha value is -4.64. The molecule has 0 spiro atoms. The summed E-state index contributed by atoms with van der Waals surface area (Å²) in [5.41, 5.74) is 10.4. The maximum atomic E-state index is 11.0. The number of aromatic hydroxyl groups is 1. The molecule has 5 aromatic rings. The van der Waals surface area contributed by atoms with Crippen LogP contribution in [0.5, 0.6) is 17.4 Å². The van der Waals surface area contributed by atoms with Gasteiger partial charge in [0.05, 0.1) is 12.1 Å². The molecular weight excluding hydrogens is 639 g/mol. The summed E-state index contributed by atoms with van der Waals surface area (Å²) in [5, 5.41) is 11.9. The van der Waals surface area contributed by atoms with E-state index < -0.39 is 0 Å². The number of ether oxygens (including phenoxy) is 1. The molecule has 7 rings (SSSR count). The van der Waals surface area contributed by atoms with Crippen molar-refractivity contribution in [2.45, 2.75) is 123 Å². The van der Waals surface area contributed by atoms with Crippen molar-refractivity contribution in [2.75, 3.05) is 4.90 Å². The average Bonchev–Trinajstić information content (AvgIpc) is 3.47. The second kappa shape index (κ2) is 13.1. The lowest BCUT2D eigenvalue weighted by molar-refractivity contribution is 0.343. The number of phenolic OH excluding ortho intramolecular Hbond substituents is 1. The van der Waals surface area contributed by atoms with Crippen LogP contribution in [0.25, 0.3) is 10.9 Å². The molecule has 1 aliphatic heterocycles. The third-order valence-electron chi connectivity index (χ3n) is 11.3. The maximum absolute atomic E-state index is 11.0. The van der Waals surface area contributed by atoms with Crippen LogP contribution in [-0.4, -0.2) is 28.0 Å². The Morgan fingerprint density at radius 2 is 1.50 bits per heavy atom. The van der Waals surface area contributed by atoms with Gasteiger partial charge in [-0.2, -0.15) is 0 Å². The number of fused-ring (bicyclic) bond motifs is 3. The number of para-hydroxylation sites is 1. The Bertz CT molecular complexity index is 2160. The number of amidine groups is 1. The third-order valence-corrected chi connectivity index (χ3v) is 11.3. The first-order valence-electron chi connectivity index (χ1n) is 19.1. The van der Waals surface area contributed by atoms with E-state index in [1.165, 1.54) is 33.5 Å². The van der Waals surface area contributed by atoms with Gasteiger partial charge in [0.25, 0.3) is 0 Å². The number of aromatic nitrogens is 1. The fourth-order valence-electron chi connectivity index (χ4n) is 8.47. The second-order valence-corrected chi connectivity index (χ2v) is 17.5. The van der Waals surface area contributed by atoms with E-state index >= 15 is 0 Å². The average molecular weight is 694 g/mol. The largest absolute Gasteiger partial charge is 0.506 e. The van der Waals surface area contributed by atoms with Crippen molar-refractivity contribution in [1.82, 2.24) is 4.98 Å². The van der Waals surface area contributed by atoms with Crippen molar-refractivity contribution in [3.63, 3.8) is 0 Å². The van der Waals surface area contributed by atoms with Crippen molar-refractivity contribution in [2.24, 2.45) is 4.99 Å². The van der Waals surface area contributed by atoms with Crippen molar-refractivity contribution >= 4 is 22.4 Å². The van der Waals surface area contributed by atoms with Gasteiger partial charge in [0, 0.05) is 28.1 Å². The van der Waals surface area contributed by atoms with Gasteiger partial charge in [0.15, 0.2) is 0 Å². The van der Waals surface area contributed by atoms with E-state index in [2.05, 4.69) is 148 Å². The predicted molar refractivity (Wildman–Crippen MR) is 217 cm³/mol. The molecule has 1 aromatic heterocycles. The zero-order valence-electron chi connectivity index (χ0n) is 32.9. The number of nitrogens with zero attached hydrogens (tertiary/aromatic N) is 3. The standard InChI is InChI=1S/C47H55N3O2/c1-27(2)32-21-33(24-35(23-32)52-41-20-19-31-22-34(46(7,8)9)26-40(51)42(31)49-41)45-48-39-25-30-15-12-13-18-38(30)47(10,11)44(39)50(45)43-36(28(3)4)16-14-17-37(43)29(5)6/h12-24,26-29,39,44,51H,25H2,1-11H3/t39-,44-/m0/s1. The summed E-state index contributed by atoms with van der Waals surface area (Å²) in [7, 11) is 0. The molecule has 52 heavy (non-hydrogen) atoms. The highest BCUT2D eigenvalue weighted by atomic mass is 16.5. The van der Waals surface area contributed by atoms with Crippen LogP contribution < -0.4 is 9.64 Å². The summed E-state index contributed by atoms with van der Waals surface area (Å²) >= 11 is 0. The predicted octanol–water partition coefficient (Wildman–Crippen LogP) is 11.9. The first-order valence-corrected chi connectivity index (χ1v) is 19.1. The molecular formula is C47H55N3O2. The van der Waals surface area contributed by atoms with E-state index in [9.17, 15) is 5.11 Å². The number of anilines is 1. The quantitative estimate of drug-likeness (QED) is 0.184. The Labute approximate surface area is 310 Å². The maximum Gasteiger partial charge on any atom is 0.219 e. The lowest BCUT2D eigenvalue weighted by Crippen LogP contribution is -2.55. The summed E-state index contributed by atoms with van der Waals surface area (Å²) < 4.78 is 6.61. The van der Waals surface area contributed by atoms with Gasteiger partial charge in [-0.05, 0) is 99.4 Å². The van der Waals surface area contributed by atoms with E-state index in [0.717, 1.165) is 28.8 Å². The smallest absolute Gasteiger partial charge is 0.219 e. The van der Waals surface area contributed by atoms with Crippen LogP contribution in [0.2, 0.25) is 0 Å². The van der Waals surface area contributed by atoms with E-state index in [1.807, 2.05) is 18.2 Å². The van der Waals surface area contributed by atoms with Gasteiger partial charge in [0.1, 0.15) is 22.9 Å². The minimum absolute atomic E-state index is 0.0908. The molecule has 0 bridgehead atoms. The van der Waals surface area contributed by atoms with Gasteiger partial charge >= 0.3 is 0 Å². The molecule has 0 saturated heterocycles. The van der Waals surface area contributed by atoms with E-state index in [-0.39, 0.29) is 34.6 Å². The van der Waals surface area contributed by atoms with Crippen LogP contribution in [0.4, 0.5) is 5.69 Å². The molecule has 1 N–H and O–H groups in total. The Kier molecular flexibility index (Phi) is 9.00. The molecule has 2 aliphatic rings. The number of rotatable bonds is 7. The number of pyridine rings is 1. The zero-order chi connectivity index (χ0) is 37.3. The number of hydrogen-bond acceptors (Lipinski definition) is 5. The van der Waals surface area contributed by atoms with Crippen molar-refractivity contribution in [1.29, 1.82) is 0 Å². The summed E-state index contributed by atoms with van der Waals surface area (Å²) in [6.07, 6.45) is 0.903. The molecule has 2 atom stereocenters. The molecule has 0 unspecified atom stereocenters. The van der Waals surface area contributed by atoms with Crippen molar-refractivity contribution < 1.29 is 9.84 Å². The van der Waals surface area contributed by atoms with E-state index in [1.54, 1.807) is 0 Å². The minimum Gasteiger partial charge on any atom is -0.506 e. The zero-order valence-corrected chi connectivity index (χ0v) is 32.9. The number of hydrogen-bond donors (Lipinski definition) is 1. The molecule has 270 valence electrons. The highest BCUT2D eigenvalue weighted by Crippen LogP contribution is 2.49. The highest BCUT2D eigenvalue weighted by molar-refractivity contribution is 6.13. The normalized spacial score (nSPS) is 18.3. The van der Waals surface area contributed by atoms with Crippen LogP contribution in [0.1, 0.15) is 133 Å². The van der Waals surface area contributed by atoms with Gasteiger partial charge in [0.2, 0.25) is 5.88 Å². The van der Waals surface area contributed by atoms with Crippen LogP contribution in [0, 0.1) is 0 Å². The van der Waals surface area contributed by atoms with Gasteiger partial charge in [-0.3, -0.25) is 4.99 Å². The van der Waals surface area contributed by atoms with Gasteiger partial charge < -0.3 is 14.7 Å². The molecule has 5 heteroatoms. The number of aliphatic imine (C=N–C) groups is 1. The molecule has 0 radical (unpaired) electrons. The van der Waals surface area contributed by atoms with Gasteiger partial charge in [-0.25, -0.2) is 4.98 Å². The Morgan fingerprint density at radius 3 is 2.15 bits per heavy atom. The molecule has 4 aromatic carbocycles. The molecule has 1 aliphatic carbocycles. The summed E-state index contributed by atoms with van der Waals surface area (Å²) in [4.78, 5) is 13.1. The van der Waals surface area contributed by atoms with Crippen molar-refractivity contribution in [3.05, 3.63) is 124 Å². The monoisotopic (exact) mass is 693 g/mol.